The van der Waals surface area contributed by atoms with Crippen molar-refractivity contribution in [3.05, 3.63) is 23.9 Å². The average molecular weight is 239 g/mol. The first-order valence-corrected chi connectivity index (χ1v) is 5.32. The zero-order chi connectivity index (χ0) is 12.7. The van der Waals surface area contributed by atoms with Crippen LogP contribution in [0.15, 0.2) is 23.5 Å². The molecular formula is C11H17N3O3. The van der Waals surface area contributed by atoms with Gasteiger partial charge in [-0.25, -0.2) is 4.98 Å². The second kappa shape index (κ2) is 6.70. The number of nitrogens with two attached hydrogens (primary N) is 1. The smallest absolute Gasteiger partial charge is 0.213 e. The summed E-state index contributed by atoms with van der Waals surface area (Å²) in [5, 5.41) is 11.3. The summed E-state index contributed by atoms with van der Waals surface area (Å²) in [7, 11) is 0. The van der Waals surface area contributed by atoms with Crippen molar-refractivity contribution >= 4 is 5.84 Å². The Morgan fingerprint density at radius 2 is 2.24 bits per heavy atom. The lowest BCUT2D eigenvalue weighted by Crippen LogP contribution is -2.14. The monoisotopic (exact) mass is 239 g/mol. The van der Waals surface area contributed by atoms with Crippen molar-refractivity contribution in [3.63, 3.8) is 0 Å². The Morgan fingerprint density at radius 3 is 2.76 bits per heavy atom. The Balaban J connectivity index is 2.41. The fourth-order valence-corrected chi connectivity index (χ4v) is 1.10. The van der Waals surface area contributed by atoms with Crippen LogP contribution in [0.2, 0.25) is 0 Å². The fourth-order valence-electron chi connectivity index (χ4n) is 1.10. The van der Waals surface area contributed by atoms with Gasteiger partial charge in [-0.2, -0.15) is 0 Å². The minimum Gasteiger partial charge on any atom is -0.475 e. The van der Waals surface area contributed by atoms with Crippen LogP contribution in [0, 0.1) is 0 Å². The summed E-state index contributed by atoms with van der Waals surface area (Å²) >= 11 is 0. The van der Waals surface area contributed by atoms with Crippen LogP contribution in [0.4, 0.5) is 0 Å². The maximum atomic E-state index is 8.47. The average Bonchev–Trinajstić information content (AvgIpc) is 2.34. The third kappa shape index (κ3) is 4.69. The Labute approximate surface area is 100 Å². The van der Waals surface area contributed by atoms with Gasteiger partial charge in [0, 0.05) is 17.8 Å². The normalized spacial score (nSPS) is 11.8. The highest BCUT2D eigenvalue weighted by Crippen LogP contribution is 2.07. The second-order valence-electron chi connectivity index (χ2n) is 3.64. The molecule has 1 aromatic heterocycles. The van der Waals surface area contributed by atoms with E-state index in [1.165, 1.54) is 6.20 Å². The van der Waals surface area contributed by atoms with Gasteiger partial charge in [-0.3, -0.25) is 0 Å². The summed E-state index contributed by atoms with van der Waals surface area (Å²) in [5.74, 6) is 0.499. The number of rotatable bonds is 6. The maximum Gasteiger partial charge on any atom is 0.213 e. The van der Waals surface area contributed by atoms with Crippen molar-refractivity contribution < 1.29 is 14.7 Å². The van der Waals surface area contributed by atoms with E-state index in [4.69, 9.17) is 20.4 Å². The molecule has 0 saturated carbocycles. The Kier molecular flexibility index (Phi) is 5.22. The quantitative estimate of drug-likeness (QED) is 0.254. The molecule has 1 heterocycles. The molecule has 0 spiro atoms. The third-order valence-electron chi connectivity index (χ3n) is 1.92. The fraction of sp³-hybridized carbons (Fsp3) is 0.455. The molecule has 6 nitrogen and oxygen atoms in total. The van der Waals surface area contributed by atoms with Crippen molar-refractivity contribution in [3.8, 4) is 5.88 Å². The highest BCUT2D eigenvalue weighted by atomic mass is 16.5. The summed E-state index contributed by atoms with van der Waals surface area (Å²) in [6, 6.07) is 3.32. The first-order chi connectivity index (χ1) is 8.13. The Hall–Kier alpha value is -1.82. The van der Waals surface area contributed by atoms with Gasteiger partial charge in [-0.1, -0.05) is 5.16 Å². The van der Waals surface area contributed by atoms with Crippen LogP contribution in [0.5, 0.6) is 5.88 Å². The molecule has 94 valence electrons. The van der Waals surface area contributed by atoms with Crippen molar-refractivity contribution in [1.29, 1.82) is 0 Å². The molecule has 6 heteroatoms. The van der Waals surface area contributed by atoms with Crippen LogP contribution in [0.3, 0.4) is 0 Å². The molecule has 0 amide bonds. The molecule has 0 aromatic carbocycles. The van der Waals surface area contributed by atoms with E-state index in [1.54, 1.807) is 12.1 Å². The van der Waals surface area contributed by atoms with Gasteiger partial charge in [0.1, 0.15) is 6.61 Å². The SMILES string of the molecule is CC(C)OCCOc1ccc(/C(N)=N/O)cn1. The maximum absolute atomic E-state index is 8.47. The van der Waals surface area contributed by atoms with Gasteiger partial charge in [-0.15, -0.1) is 0 Å². The van der Waals surface area contributed by atoms with Crippen LogP contribution < -0.4 is 10.5 Å². The van der Waals surface area contributed by atoms with E-state index in [9.17, 15) is 0 Å². The van der Waals surface area contributed by atoms with E-state index in [0.717, 1.165) is 0 Å². The number of hydrogen-bond donors (Lipinski definition) is 2. The van der Waals surface area contributed by atoms with Crippen molar-refractivity contribution in [2.75, 3.05) is 13.2 Å². The van der Waals surface area contributed by atoms with Gasteiger partial charge >= 0.3 is 0 Å². The molecule has 0 unspecified atom stereocenters. The molecule has 0 aliphatic rings. The number of nitrogens with zero attached hydrogens (tertiary/aromatic N) is 2. The molecule has 1 rings (SSSR count). The number of ether oxygens (including phenoxy) is 2. The van der Waals surface area contributed by atoms with E-state index in [-0.39, 0.29) is 11.9 Å². The highest BCUT2D eigenvalue weighted by molar-refractivity contribution is 5.96. The predicted molar refractivity (Wildman–Crippen MR) is 63.3 cm³/mol. The van der Waals surface area contributed by atoms with E-state index in [0.29, 0.717) is 24.7 Å². The molecular weight excluding hydrogens is 222 g/mol. The van der Waals surface area contributed by atoms with E-state index in [1.807, 2.05) is 13.8 Å². The van der Waals surface area contributed by atoms with Crippen LogP contribution >= 0.6 is 0 Å². The number of pyridine rings is 1. The van der Waals surface area contributed by atoms with Gasteiger partial charge in [-0.05, 0) is 19.9 Å². The topological polar surface area (TPSA) is 90.0 Å². The largest absolute Gasteiger partial charge is 0.475 e. The standard InChI is InChI=1S/C11H17N3O3/c1-8(2)16-5-6-17-10-4-3-9(7-13-10)11(12)14-15/h3-4,7-8,15H,5-6H2,1-2H3,(H2,12,14). The molecule has 0 atom stereocenters. The number of amidine groups is 1. The molecule has 0 radical (unpaired) electrons. The lowest BCUT2D eigenvalue weighted by Gasteiger charge is -2.08. The first-order valence-electron chi connectivity index (χ1n) is 5.32. The summed E-state index contributed by atoms with van der Waals surface area (Å²) < 4.78 is 10.7. The van der Waals surface area contributed by atoms with Crippen molar-refractivity contribution in [2.24, 2.45) is 10.9 Å². The zero-order valence-electron chi connectivity index (χ0n) is 9.96. The summed E-state index contributed by atoms with van der Waals surface area (Å²) in [5.41, 5.74) is 5.94. The summed E-state index contributed by atoms with van der Waals surface area (Å²) in [4.78, 5) is 4.01. The van der Waals surface area contributed by atoms with Crippen LogP contribution in [0.1, 0.15) is 19.4 Å². The third-order valence-corrected chi connectivity index (χ3v) is 1.92. The summed E-state index contributed by atoms with van der Waals surface area (Å²) in [6.07, 6.45) is 1.67. The van der Waals surface area contributed by atoms with E-state index in [2.05, 4.69) is 10.1 Å². The molecule has 3 N–H and O–H groups in total. The minimum absolute atomic E-state index is 0.0205. The lowest BCUT2D eigenvalue weighted by atomic mass is 10.3. The zero-order valence-corrected chi connectivity index (χ0v) is 9.96. The molecule has 1 aromatic rings. The predicted octanol–water partition coefficient (Wildman–Crippen LogP) is 0.980. The van der Waals surface area contributed by atoms with E-state index < -0.39 is 0 Å². The molecule has 0 aliphatic carbocycles. The molecule has 0 bridgehead atoms. The molecule has 0 fully saturated rings. The summed E-state index contributed by atoms with van der Waals surface area (Å²) in [6.45, 7) is 4.88. The molecule has 0 aliphatic heterocycles. The first kappa shape index (κ1) is 13.2. The van der Waals surface area contributed by atoms with Crippen LogP contribution in [0.25, 0.3) is 0 Å². The van der Waals surface area contributed by atoms with Crippen molar-refractivity contribution in [1.82, 2.24) is 4.98 Å². The second-order valence-corrected chi connectivity index (χ2v) is 3.64. The minimum atomic E-state index is 0.0205. The van der Waals surface area contributed by atoms with Gasteiger partial charge in [0.2, 0.25) is 5.88 Å². The van der Waals surface area contributed by atoms with Gasteiger partial charge < -0.3 is 20.4 Å². The van der Waals surface area contributed by atoms with Crippen LogP contribution in [-0.4, -0.2) is 35.3 Å². The van der Waals surface area contributed by atoms with E-state index >= 15 is 0 Å². The number of hydrogen-bond acceptors (Lipinski definition) is 5. The Bertz CT molecular complexity index is 363. The van der Waals surface area contributed by atoms with Gasteiger partial charge in [0.25, 0.3) is 0 Å². The lowest BCUT2D eigenvalue weighted by molar-refractivity contribution is 0.0542. The Morgan fingerprint density at radius 1 is 1.47 bits per heavy atom. The molecule has 0 saturated heterocycles. The number of aromatic nitrogens is 1. The van der Waals surface area contributed by atoms with Gasteiger partial charge in [0.05, 0.1) is 12.7 Å². The number of oxime groups is 1. The van der Waals surface area contributed by atoms with Gasteiger partial charge in [0.15, 0.2) is 5.84 Å². The van der Waals surface area contributed by atoms with Crippen LogP contribution in [-0.2, 0) is 4.74 Å². The van der Waals surface area contributed by atoms with Crippen molar-refractivity contribution in [2.45, 2.75) is 20.0 Å². The highest BCUT2D eigenvalue weighted by Gasteiger charge is 2.01. The molecule has 17 heavy (non-hydrogen) atoms.